The van der Waals surface area contributed by atoms with Gasteiger partial charge in [-0.05, 0) is 23.8 Å². The number of piperazine rings is 1. The molecule has 2 aromatic carbocycles. The molecule has 7 nitrogen and oxygen atoms in total. The number of amides is 3. The van der Waals surface area contributed by atoms with Crippen molar-refractivity contribution in [1.29, 1.82) is 0 Å². The van der Waals surface area contributed by atoms with E-state index in [1.807, 2.05) is 30.3 Å². The van der Waals surface area contributed by atoms with Crippen LogP contribution in [-0.2, 0) is 9.59 Å². The van der Waals surface area contributed by atoms with E-state index >= 15 is 0 Å². The molecule has 30 heavy (non-hydrogen) atoms. The minimum Gasteiger partial charge on any atom is -0.497 e. The summed E-state index contributed by atoms with van der Waals surface area (Å²) in [7, 11) is 1.57. The quantitative estimate of drug-likeness (QED) is 0.794. The van der Waals surface area contributed by atoms with Crippen LogP contribution < -0.4 is 10.1 Å². The minimum absolute atomic E-state index is 0.0360. The molecular weight excluding hydrogens is 382 g/mol. The molecule has 1 fully saturated rings. The largest absolute Gasteiger partial charge is 0.497 e. The molecule has 1 saturated heterocycles. The normalized spacial score (nSPS) is 14.7. The molecule has 1 aliphatic heterocycles. The third-order valence-corrected chi connectivity index (χ3v) is 5.19. The Labute approximate surface area is 176 Å². The third kappa shape index (κ3) is 5.37. The maximum atomic E-state index is 12.8. The van der Waals surface area contributed by atoms with E-state index in [0.717, 1.165) is 5.56 Å². The molecule has 0 radical (unpaired) electrons. The van der Waals surface area contributed by atoms with Crippen LogP contribution in [0.1, 0.15) is 35.3 Å². The Morgan fingerprint density at radius 3 is 2.27 bits per heavy atom. The molecule has 1 unspecified atom stereocenters. The van der Waals surface area contributed by atoms with Crippen LogP contribution in [0.15, 0.2) is 54.6 Å². The molecule has 158 valence electrons. The van der Waals surface area contributed by atoms with Gasteiger partial charge in [0.05, 0.1) is 19.6 Å². The van der Waals surface area contributed by atoms with Crippen molar-refractivity contribution in [1.82, 2.24) is 15.1 Å². The zero-order valence-electron chi connectivity index (χ0n) is 17.3. The van der Waals surface area contributed by atoms with Crippen molar-refractivity contribution in [2.75, 3.05) is 33.3 Å². The van der Waals surface area contributed by atoms with Crippen LogP contribution in [0.3, 0.4) is 0 Å². The fourth-order valence-electron chi connectivity index (χ4n) is 3.58. The lowest BCUT2D eigenvalue weighted by Gasteiger charge is -2.35. The Morgan fingerprint density at radius 1 is 0.967 bits per heavy atom. The molecule has 3 rings (SSSR count). The average molecular weight is 409 g/mol. The van der Waals surface area contributed by atoms with Gasteiger partial charge in [-0.1, -0.05) is 36.4 Å². The Kier molecular flexibility index (Phi) is 7.06. The van der Waals surface area contributed by atoms with E-state index in [4.69, 9.17) is 4.74 Å². The van der Waals surface area contributed by atoms with Crippen molar-refractivity contribution in [3.63, 3.8) is 0 Å². The predicted molar refractivity (Wildman–Crippen MR) is 113 cm³/mol. The van der Waals surface area contributed by atoms with E-state index in [2.05, 4.69) is 5.32 Å². The molecule has 2 aromatic rings. The first-order chi connectivity index (χ1) is 14.5. The lowest BCUT2D eigenvalue weighted by molar-refractivity contribution is -0.133. The van der Waals surface area contributed by atoms with E-state index in [9.17, 15) is 14.4 Å². The van der Waals surface area contributed by atoms with Crippen LogP contribution in [0.4, 0.5) is 0 Å². The number of ether oxygens (including phenoxy) is 1. The standard InChI is InChI=1S/C23H27N3O4/c1-17(27)24-21(18-7-4-3-5-8-18)16-22(28)25-11-13-26(14-12-25)23(29)19-9-6-10-20(15-19)30-2/h3-10,15,21H,11-14,16H2,1-2H3,(H,24,27). The SMILES string of the molecule is COc1cccc(C(=O)N2CCN(C(=O)CC(NC(C)=O)c3ccccc3)CC2)c1. The molecule has 1 heterocycles. The summed E-state index contributed by atoms with van der Waals surface area (Å²) in [6.07, 6.45) is 0.188. The van der Waals surface area contributed by atoms with Gasteiger partial charge in [0.2, 0.25) is 11.8 Å². The summed E-state index contributed by atoms with van der Waals surface area (Å²) in [6, 6.07) is 16.2. The molecule has 1 atom stereocenters. The number of benzene rings is 2. The summed E-state index contributed by atoms with van der Waals surface area (Å²) in [6.45, 7) is 3.32. The van der Waals surface area contributed by atoms with Crippen LogP contribution in [0, 0.1) is 0 Å². The first-order valence-electron chi connectivity index (χ1n) is 10.0. The highest BCUT2D eigenvalue weighted by Crippen LogP contribution is 2.20. The number of carbonyl (C=O) groups excluding carboxylic acids is 3. The van der Waals surface area contributed by atoms with Gasteiger partial charge in [0, 0.05) is 38.7 Å². The molecule has 0 aromatic heterocycles. The van der Waals surface area contributed by atoms with Crippen LogP contribution >= 0.6 is 0 Å². The van der Waals surface area contributed by atoms with Crippen LogP contribution in [-0.4, -0.2) is 60.8 Å². The van der Waals surface area contributed by atoms with Crippen molar-refractivity contribution < 1.29 is 19.1 Å². The minimum atomic E-state index is -0.368. The Bertz CT molecular complexity index is 892. The maximum absolute atomic E-state index is 12.8. The Hall–Kier alpha value is -3.35. The molecule has 0 saturated carbocycles. The number of hydrogen-bond acceptors (Lipinski definition) is 4. The molecule has 0 bridgehead atoms. The number of nitrogens with zero attached hydrogens (tertiary/aromatic N) is 2. The summed E-state index contributed by atoms with van der Waals surface area (Å²) < 4.78 is 5.19. The van der Waals surface area contributed by atoms with Crippen molar-refractivity contribution in [2.45, 2.75) is 19.4 Å². The molecule has 7 heteroatoms. The van der Waals surface area contributed by atoms with Crippen molar-refractivity contribution >= 4 is 17.7 Å². The van der Waals surface area contributed by atoms with Crippen LogP contribution in [0.2, 0.25) is 0 Å². The summed E-state index contributed by atoms with van der Waals surface area (Å²) in [5.74, 6) is 0.359. The zero-order valence-corrected chi connectivity index (χ0v) is 17.3. The van der Waals surface area contributed by atoms with Gasteiger partial charge in [0.25, 0.3) is 5.91 Å². The average Bonchev–Trinajstić information content (AvgIpc) is 2.78. The fourth-order valence-corrected chi connectivity index (χ4v) is 3.58. The molecule has 0 aliphatic carbocycles. The topological polar surface area (TPSA) is 79.0 Å². The monoisotopic (exact) mass is 409 g/mol. The summed E-state index contributed by atoms with van der Waals surface area (Å²) >= 11 is 0. The number of nitrogens with one attached hydrogen (secondary N) is 1. The fraction of sp³-hybridized carbons (Fsp3) is 0.348. The molecule has 1 aliphatic rings. The lowest BCUT2D eigenvalue weighted by Crippen LogP contribution is -2.51. The number of carbonyl (C=O) groups is 3. The van der Waals surface area contributed by atoms with Gasteiger partial charge in [0.1, 0.15) is 5.75 Å². The van der Waals surface area contributed by atoms with E-state index in [1.165, 1.54) is 6.92 Å². The smallest absolute Gasteiger partial charge is 0.254 e. The van der Waals surface area contributed by atoms with Gasteiger partial charge >= 0.3 is 0 Å². The molecule has 3 amide bonds. The van der Waals surface area contributed by atoms with E-state index < -0.39 is 0 Å². The number of hydrogen-bond donors (Lipinski definition) is 1. The van der Waals surface area contributed by atoms with Crippen molar-refractivity contribution in [3.05, 3.63) is 65.7 Å². The lowest BCUT2D eigenvalue weighted by atomic mass is 10.0. The first-order valence-corrected chi connectivity index (χ1v) is 10.0. The van der Waals surface area contributed by atoms with Gasteiger partial charge in [-0.2, -0.15) is 0 Å². The second-order valence-corrected chi connectivity index (χ2v) is 7.27. The highest BCUT2D eigenvalue weighted by molar-refractivity contribution is 5.94. The second-order valence-electron chi connectivity index (χ2n) is 7.27. The van der Waals surface area contributed by atoms with Crippen LogP contribution in [0.25, 0.3) is 0 Å². The highest BCUT2D eigenvalue weighted by Gasteiger charge is 2.27. The van der Waals surface area contributed by atoms with Gasteiger partial charge in [-0.3, -0.25) is 14.4 Å². The van der Waals surface area contributed by atoms with E-state index in [0.29, 0.717) is 37.5 Å². The number of rotatable bonds is 6. The van der Waals surface area contributed by atoms with Crippen molar-refractivity contribution in [3.8, 4) is 5.75 Å². The highest BCUT2D eigenvalue weighted by atomic mass is 16.5. The number of methoxy groups -OCH3 is 1. The Balaban J connectivity index is 1.58. The molecule has 0 spiro atoms. The summed E-state index contributed by atoms with van der Waals surface area (Å²) in [5.41, 5.74) is 1.47. The van der Waals surface area contributed by atoms with E-state index in [-0.39, 0.29) is 30.2 Å². The molecular formula is C23H27N3O4. The predicted octanol–water partition coefficient (Wildman–Crippen LogP) is 2.25. The summed E-state index contributed by atoms with van der Waals surface area (Å²) in [5, 5.41) is 2.86. The van der Waals surface area contributed by atoms with Gasteiger partial charge < -0.3 is 19.9 Å². The first kappa shape index (κ1) is 21.4. The van der Waals surface area contributed by atoms with Gasteiger partial charge in [-0.15, -0.1) is 0 Å². The van der Waals surface area contributed by atoms with Gasteiger partial charge in [0.15, 0.2) is 0 Å². The Morgan fingerprint density at radius 2 is 1.63 bits per heavy atom. The summed E-state index contributed by atoms with van der Waals surface area (Å²) in [4.78, 5) is 40.7. The van der Waals surface area contributed by atoms with Crippen molar-refractivity contribution in [2.24, 2.45) is 0 Å². The second kappa shape index (κ2) is 9.91. The maximum Gasteiger partial charge on any atom is 0.254 e. The van der Waals surface area contributed by atoms with Crippen LogP contribution in [0.5, 0.6) is 5.75 Å². The van der Waals surface area contributed by atoms with E-state index in [1.54, 1.807) is 41.2 Å². The van der Waals surface area contributed by atoms with Gasteiger partial charge in [-0.25, -0.2) is 0 Å². The third-order valence-electron chi connectivity index (χ3n) is 5.19. The zero-order chi connectivity index (χ0) is 21.5. The molecule has 1 N–H and O–H groups in total.